The van der Waals surface area contributed by atoms with Crippen LogP contribution in [0.2, 0.25) is 0 Å². The highest BCUT2D eigenvalue weighted by Crippen LogP contribution is 2.14. The van der Waals surface area contributed by atoms with Crippen molar-refractivity contribution in [3.8, 4) is 11.8 Å². The second-order valence-electron chi connectivity index (χ2n) is 2.82. The molecule has 0 aliphatic heterocycles. The fraction of sp³-hybridized carbons (Fsp3) is 0.364. The normalized spacial score (nSPS) is 9.47. The fourth-order valence-electron chi connectivity index (χ4n) is 0.925. The quantitative estimate of drug-likeness (QED) is 0.650. The zero-order valence-electron chi connectivity index (χ0n) is 8.45. The van der Waals surface area contributed by atoms with Crippen LogP contribution in [-0.4, -0.2) is 16.0 Å². The van der Waals surface area contributed by atoms with Gasteiger partial charge in [0, 0.05) is 24.0 Å². The summed E-state index contributed by atoms with van der Waals surface area (Å²) < 4.78 is 0. The number of hydrogen-bond donors (Lipinski definition) is 1. The molecule has 0 saturated carbocycles. The third kappa shape index (κ3) is 5.03. The maximum absolute atomic E-state index is 10.6. The minimum atomic E-state index is 0.0759. The van der Waals surface area contributed by atoms with E-state index in [0.717, 1.165) is 21.9 Å². The molecule has 1 heterocycles. The largest absolute Gasteiger partial charge is 0.391 e. The maximum atomic E-state index is 10.6. The van der Waals surface area contributed by atoms with Crippen LogP contribution >= 0.6 is 23.1 Å². The van der Waals surface area contributed by atoms with Crippen LogP contribution in [0.25, 0.3) is 0 Å². The SMILES string of the molecule is CC(=O)SCCC#Cc1ccc(CO)s1. The van der Waals surface area contributed by atoms with Gasteiger partial charge in [0.2, 0.25) is 0 Å². The van der Waals surface area contributed by atoms with Gasteiger partial charge in [-0.2, -0.15) is 0 Å². The van der Waals surface area contributed by atoms with E-state index in [0.29, 0.717) is 0 Å². The Morgan fingerprint density at radius 3 is 3.00 bits per heavy atom. The molecule has 0 aliphatic rings. The van der Waals surface area contributed by atoms with Gasteiger partial charge in [0.05, 0.1) is 11.5 Å². The van der Waals surface area contributed by atoms with Gasteiger partial charge < -0.3 is 5.11 Å². The Hall–Kier alpha value is -0.760. The summed E-state index contributed by atoms with van der Waals surface area (Å²) in [5, 5.41) is 8.98. The number of aliphatic hydroxyl groups excluding tert-OH is 1. The molecule has 80 valence electrons. The van der Waals surface area contributed by atoms with Crippen LogP contribution in [-0.2, 0) is 11.4 Å². The van der Waals surface area contributed by atoms with Gasteiger partial charge in [0.1, 0.15) is 0 Å². The molecule has 15 heavy (non-hydrogen) atoms. The minimum Gasteiger partial charge on any atom is -0.391 e. The zero-order chi connectivity index (χ0) is 11.1. The van der Waals surface area contributed by atoms with Crippen LogP contribution in [0, 0.1) is 11.8 Å². The smallest absolute Gasteiger partial charge is 0.185 e. The van der Waals surface area contributed by atoms with E-state index < -0.39 is 0 Å². The Morgan fingerprint density at radius 2 is 2.40 bits per heavy atom. The summed E-state index contributed by atoms with van der Waals surface area (Å²) in [5.41, 5.74) is 0. The second-order valence-corrected chi connectivity index (χ2v) is 5.26. The number of thiophene rings is 1. The summed E-state index contributed by atoms with van der Waals surface area (Å²) in [5.74, 6) is 6.76. The molecule has 2 nitrogen and oxygen atoms in total. The van der Waals surface area contributed by atoms with Crippen LogP contribution in [0.3, 0.4) is 0 Å². The molecule has 0 fully saturated rings. The summed E-state index contributed by atoms with van der Waals surface area (Å²) >= 11 is 2.80. The molecule has 0 amide bonds. The average molecular weight is 240 g/mol. The lowest BCUT2D eigenvalue weighted by atomic mass is 10.4. The lowest BCUT2D eigenvalue weighted by Crippen LogP contribution is -1.83. The van der Waals surface area contributed by atoms with Crippen molar-refractivity contribution in [1.29, 1.82) is 0 Å². The van der Waals surface area contributed by atoms with Crippen molar-refractivity contribution in [1.82, 2.24) is 0 Å². The molecule has 1 aromatic heterocycles. The van der Waals surface area contributed by atoms with Crippen molar-refractivity contribution in [3.63, 3.8) is 0 Å². The van der Waals surface area contributed by atoms with Gasteiger partial charge >= 0.3 is 0 Å². The van der Waals surface area contributed by atoms with Gasteiger partial charge in [-0.1, -0.05) is 23.6 Å². The van der Waals surface area contributed by atoms with E-state index in [4.69, 9.17) is 5.11 Å². The van der Waals surface area contributed by atoms with E-state index in [9.17, 15) is 4.79 Å². The van der Waals surface area contributed by atoms with Gasteiger partial charge in [-0.15, -0.1) is 11.3 Å². The Morgan fingerprint density at radius 1 is 1.60 bits per heavy atom. The van der Waals surface area contributed by atoms with E-state index in [1.54, 1.807) is 6.92 Å². The van der Waals surface area contributed by atoms with Crippen LogP contribution in [0.5, 0.6) is 0 Å². The van der Waals surface area contributed by atoms with E-state index in [-0.39, 0.29) is 11.7 Å². The molecule has 0 radical (unpaired) electrons. The fourth-order valence-corrected chi connectivity index (χ4v) is 2.16. The van der Waals surface area contributed by atoms with Crippen LogP contribution < -0.4 is 0 Å². The Bertz CT molecular complexity index is 385. The average Bonchev–Trinajstić information content (AvgIpc) is 2.65. The number of carbonyl (C=O) groups is 1. The molecule has 0 bridgehead atoms. The number of hydrogen-bond acceptors (Lipinski definition) is 4. The maximum Gasteiger partial charge on any atom is 0.185 e. The lowest BCUT2D eigenvalue weighted by Gasteiger charge is -1.88. The molecule has 0 atom stereocenters. The molecule has 1 rings (SSSR count). The summed E-state index contributed by atoms with van der Waals surface area (Å²) in [6.07, 6.45) is 0.719. The summed E-state index contributed by atoms with van der Waals surface area (Å²) in [6, 6.07) is 3.78. The molecule has 1 N–H and O–H groups in total. The first-order valence-electron chi connectivity index (χ1n) is 4.54. The molecule has 0 aromatic carbocycles. The van der Waals surface area contributed by atoms with E-state index in [1.807, 2.05) is 12.1 Å². The first-order valence-corrected chi connectivity index (χ1v) is 6.34. The van der Waals surface area contributed by atoms with Gasteiger partial charge in [0.25, 0.3) is 0 Å². The Labute approximate surface area is 97.7 Å². The highest BCUT2D eigenvalue weighted by molar-refractivity contribution is 8.13. The number of thioether (sulfide) groups is 1. The van der Waals surface area contributed by atoms with Crippen molar-refractivity contribution < 1.29 is 9.90 Å². The van der Waals surface area contributed by atoms with E-state index >= 15 is 0 Å². The van der Waals surface area contributed by atoms with Crippen LogP contribution in [0.4, 0.5) is 0 Å². The number of aliphatic hydroxyl groups is 1. The highest BCUT2D eigenvalue weighted by atomic mass is 32.2. The molecular formula is C11H12O2S2. The highest BCUT2D eigenvalue weighted by Gasteiger charge is 1.95. The van der Waals surface area contributed by atoms with Crippen molar-refractivity contribution in [2.45, 2.75) is 20.0 Å². The predicted octanol–water partition coefficient (Wildman–Crippen LogP) is 2.26. The molecule has 0 saturated heterocycles. The summed E-state index contributed by atoms with van der Waals surface area (Å²) in [4.78, 5) is 12.5. The van der Waals surface area contributed by atoms with Crippen molar-refractivity contribution >= 4 is 28.2 Å². The molecule has 1 aromatic rings. The van der Waals surface area contributed by atoms with E-state index in [2.05, 4.69) is 11.8 Å². The minimum absolute atomic E-state index is 0.0759. The molecule has 0 spiro atoms. The Kier molecular flexibility index (Phi) is 5.48. The van der Waals surface area contributed by atoms with Crippen molar-refractivity contribution in [2.24, 2.45) is 0 Å². The molecular weight excluding hydrogens is 228 g/mol. The number of rotatable bonds is 3. The standard InChI is InChI=1S/C11H12O2S2/c1-9(13)14-7-3-2-4-10-5-6-11(8-12)15-10/h5-6,12H,3,7-8H2,1H3. The van der Waals surface area contributed by atoms with Gasteiger partial charge in [-0.05, 0) is 12.1 Å². The number of carbonyl (C=O) groups excluding carboxylic acids is 1. The summed E-state index contributed by atoms with van der Waals surface area (Å²) in [7, 11) is 0. The zero-order valence-corrected chi connectivity index (χ0v) is 10.1. The van der Waals surface area contributed by atoms with Crippen LogP contribution in [0.15, 0.2) is 12.1 Å². The van der Waals surface area contributed by atoms with Gasteiger partial charge in [-0.25, -0.2) is 0 Å². The molecule has 0 aliphatic carbocycles. The third-order valence-corrected chi connectivity index (χ3v) is 3.36. The summed E-state index contributed by atoms with van der Waals surface area (Å²) in [6.45, 7) is 1.64. The van der Waals surface area contributed by atoms with Crippen molar-refractivity contribution in [2.75, 3.05) is 5.75 Å². The Balaban J connectivity index is 2.34. The first-order chi connectivity index (χ1) is 7.22. The van der Waals surface area contributed by atoms with Crippen molar-refractivity contribution in [3.05, 3.63) is 21.9 Å². The second kappa shape index (κ2) is 6.67. The van der Waals surface area contributed by atoms with Crippen LogP contribution in [0.1, 0.15) is 23.1 Å². The third-order valence-electron chi connectivity index (χ3n) is 1.56. The monoisotopic (exact) mass is 240 g/mol. The van der Waals surface area contributed by atoms with E-state index in [1.165, 1.54) is 23.1 Å². The van der Waals surface area contributed by atoms with Gasteiger partial charge in [-0.3, -0.25) is 4.79 Å². The molecule has 4 heteroatoms. The van der Waals surface area contributed by atoms with Gasteiger partial charge in [0.15, 0.2) is 5.12 Å². The lowest BCUT2D eigenvalue weighted by molar-refractivity contribution is -0.109. The topological polar surface area (TPSA) is 37.3 Å². The molecule has 0 unspecified atom stereocenters. The predicted molar refractivity (Wildman–Crippen MR) is 64.9 cm³/mol. The first kappa shape index (κ1) is 12.3.